The van der Waals surface area contributed by atoms with E-state index in [1.807, 2.05) is 0 Å². The van der Waals surface area contributed by atoms with Crippen molar-refractivity contribution in [2.75, 3.05) is 41.0 Å². The zero-order valence-electron chi connectivity index (χ0n) is 38.9. The summed E-state index contributed by atoms with van der Waals surface area (Å²) in [7, 11) is 5.41. The van der Waals surface area contributed by atoms with Gasteiger partial charge in [-0.1, -0.05) is 165 Å². The average molecular weight is 830 g/mol. The summed E-state index contributed by atoms with van der Waals surface area (Å²) >= 11 is 0. The summed E-state index contributed by atoms with van der Waals surface area (Å²) in [6, 6.07) is -0.727. The molecule has 0 aliphatic heterocycles. The van der Waals surface area contributed by atoms with Crippen LogP contribution < -0.4 is 5.11 Å². The van der Waals surface area contributed by atoms with Gasteiger partial charge in [0.25, 0.3) is 0 Å². The lowest BCUT2D eigenvalue weighted by Crippen LogP contribution is -2.55. The number of carbonyl (C=O) groups excluding carboxylic acids is 3. The molecule has 0 aromatic carbocycles. The van der Waals surface area contributed by atoms with Crippen LogP contribution in [0.15, 0.2) is 48.6 Å². The van der Waals surface area contributed by atoms with Crippen molar-refractivity contribution >= 4 is 17.9 Å². The molecule has 0 bridgehead atoms. The molecule has 0 spiro atoms. The van der Waals surface area contributed by atoms with Crippen LogP contribution in [-0.4, -0.2) is 75.5 Å². The smallest absolute Gasteiger partial charge is 0.306 e. The number of carboxylic acid groups (broad SMARTS) is 1. The van der Waals surface area contributed by atoms with Gasteiger partial charge in [-0.2, -0.15) is 0 Å². The van der Waals surface area contributed by atoms with Crippen LogP contribution in [0.4, 0.5) is 0 Å². The van der Waals surface area contributed by atoms with E-state index in [-0.39, 0.29) is 42.7 Å². The number of hydrogen-bond acceptors (Lipinski definition) is 7. The van der Waals surface area contributed by atoms with Gasteiger partial charge in [0, 0.05) is 19.3 Å². The van der Waals surface area contributed by atoms with Crippen molar-refractivity contribution in [1.82, 2.24) is 0 Å². The first-order chi connectivity index (χ1) is 28.6. The lowest BCUT2D eigenvalue weighted by molar-refractivity contribution is -0.889. The number of ether oxygens (including phenoxy) is 3. The lowest BCUT2D eigenvalue weighted by Gasteiger charge is -2.34. The van der Waals surface area contributed by atoms with Gasteiger partial charge in [0.1, 0.15) is 12.6 Å². The lowest BCUT2D eigenvalue weighted by atomic mass is 10.0. The predicted octanol–water partition coefficient (Wildman–Crippen LogP) is 12.3. The first-order valence-corrected chi connectivity index (χ1v) is 24.2. The molecule has 0 radical (unpaired) electrons. The third-order valence-electron chi connectivity index (χ3n) is 10.7. The molecule has 0 aliphatic rings. The summed E-state index contributed by atoms with van der Waals surface area (Å²) in [5.74, 6) is -1.74. The van der Waals surface area contributed by atoms with Gasteiger partial charge >= 0.3 is 11.9 Å². The van der Waals surface area contributed by atoms with Crippen LogP contribution in [-0.2, 0) is 28.6 Å². The van der Waals surface area contributed by atoms with E-state index in [0.717, 1.165) is 70.6 Å². The number of allylic oxidation sites excluding steroid dienone is 8. The summed E-state index contributed by atoms with van der Waals surface area (Å²) in [6.45, 7) is 4.53. The molecule has 0 heterocycles. The molecule has 0 fully saturated rings. The summed E-state index contributed by atoms with van der Waals surface area (Å²) in [4.78, 5) is 36.9. The average Bonchev–Trinajstić information content (AvgIpc) is 3.19. The van der Waals surface area contributed by atoms with Crippen LogP contribution in [0.25, 0.3) is 0 Å². The van der Waals surface area contributed by atoms with Crippen molar-refractivity contribution in [3.63, 3.8) is 0 Å². The van der Waals surface area contributed by atoms with Crippen LogP contribution in [0.3, 0.4) is 0 Å². The van der Waals surface area contributed by atoms with Crippen LogP contribution in [0, 0.1) is 0 Å². The van der Waals surface area contributed by atoms with E-state index in [9.17, 15) is 19.5 Å². The Kier molecular flexibility index (Phi) is 40.1. The number of hydrogen-bond donors (Lipinski definition) is 0. The number of likely N-dealkylation sites (N-methyl/N-ethyl adjacent to an activating group) is 1. The minimum atomic E-state index is -1.13. The Labute approximate surface area is 363 Å². The highest BCUT2D eigenvalue weighted by Crippen LogP contribution is 2.15. The molecule has 0 N–H and O–H groups in total. The topological polar surface area (TPSA) is 102 Å². The zero-order valence-corrected chi connectivity index (χ0v) is 38.9. The number of carboxylic acids is 1. The fourth-order valence-corrected chi connectivity index (χ4v) is 6.96. The highest BCUT2D eigenvalue weighted by Gasteiger charge is 2.25. The Balaban J connectivity index is 4.18. The third kappa shape index (κ3) is 40.5. The second-order valence-corrected chi connectivity index (χ2v) is 17.3. The molecule has 0 saturated heterocycles. The zero-order chi connectivity index (χ0) is 43.5. The highest BCUT2D eigenvalue weighted by atomic mass is 16.6. The van der Waals surface area contributed by atoms with Crippen molar-refractivity contribution in [2.24, 2.45) is 0 Å². The normalized spacial score (nSPS) is 13.3. The molecule has 0 aliphatic carbocycles. The SMILES string of the molecule is CC/C=C/C/C=C/C/C=C/CCCCCCCCCCCCCCCC(=O)OCC(COCCC(C(=O)[O-])[N+](C)(C)C)OC(=O)CCCCCCC/C=C/CCCCC. The number of aliphatic carboxylic acids is 1. The second-order valence-electron chi connectivity index (χ2n) is 17.3. The van der Waals surface area contributed by atoms with Crippen molar-refractivity contribution in [2.45, 2.75) is 219 Å². The molecule has 0 rings (SSSR count). The fourth-order valence-electron chi connectivity index (χ4n) is 6.96. The third-order valence-corrected chi connectivity index (χ3v) is 10.7. The number of carbonyl (C=O) groups is 3. The maximum Gasteiger partial charge on any atom is 0.306 e. The van der Waals surface area contributed by atoms with E-state index >= 15 is 0 Å². The van der Waals surface area contributed by atoms with Crippen LogP contribution in [0.2, 0.25) is 0 Å². The van der Waals surface area contributed by atoms with Gasteiger partial charge in [-0.15, -0.1) is 0 Å². The Morgan fingerprint density at radius 3 is 1.42 bits per heavy atom. The maximum absolute atomic E-state index is 12.7. The molecular weight excluding hydrogens is 739 g/mol. The molecule has 0 saturated carbocycles. The number of esters is 2. The minimum Gasteiger partial charge on any atom is -0.544 e. The van der Waals surface area contributed by atoms with Gasteiger partial charge < -0.3 is 28.6 Å². The van der Waals surface area contributed by atoms with Gasteiger partial charge in [-0.05, 0) is 70.6 Å². The van der Waals surface area contributed by atoms with Crippen molar-refractivity contribution in [3.8, 4) is 0 Å². The fraction of sp³-hybridized carbons (Fsp3) is 0.784. The molecule has 2 atom stereocenters. The standard InChI is InChI=1S/C51H91NO7/c1-6-8-10-12-14-16-18-20-21-22-23-24-25-26-27-28-29-30-32-33-35-37-39-41-49(53)58-46-47(45-57-44-43-48(51(55)56)52(3,4)5)59-50(54)42-40-38-36-34-31-19-17-15-13-11-9-7-2/h8,10,14-17,20-21,47-48H,6-7,9,11-13,18-19,22-46H2,1-5H3/b10-8+,16-14+,17-15+,21-20+. The number of unbranched alkanes of at least 4 members (excludes halogenated alkanes) is 21. The Morgan fingerprint density at radius 2 is 0.949 bits per heavy atom. The molecule has 59 heavy (non-hydrogen) atoms. The molecule has 2 unspecified atom stereocenters. The quantitative estimate of drug-likeness (QED) is 0.0261. The van der Waals surface area contributed by atoms with Crippen molar-refractivity contribution in [1.29, 1.82) is 0 Å². The molecular formula is C51H91NO7. The summed E-state index contributed by atoms with van der Waals surface area (Å²) in [5, 5.41) is 11.6. The van der Waals surface area contributed by atoms with Gasteiger partial charge in [0.05, 0.1) is 40.3 Å². The van der Waals surface area contributed by atoms with Gasteiger partial charge in [0.2, 0.25) is 0 Å². The molecule has 0 aromatic rings. The molecule has 8 heteroatoms. The number of quaternary nitrogens is 1. The Bertz CT molecular complexity index is 1110. The highest BCUT2D eigenvalue weighted by molar-refractivity contribution is 5.70. The second kappa shape index (κ2) is 42.0. The largest absolute Gasteiger partial charge is 0.544 e. The number of rotatable bonds is 43. The van der Waals surface area contributed by atoms with Crippen molar-refractivity contribution < 1.29 is 38.2 Å². The maximum atomic E-state index is 12.7. The Morgan fingerprint density at radius 1 is 0.525 bits per heavy atom. The Hall–Kier alpha value is -2.71. The van der Waals surface area contributed by atoms with Crippen molar-refractivity contribution in [3.05, 3.63) is 48.6 Å². The van der Waals surface area contributed by atoms with E-state index < -0.39 is 18.1 Å². The van der Waals surface area contributed by atoms with Crippen LogP contribution in [0.5, 0.6) is 0 Å². The molecule has 0 aromatic heterocycles. The van der Waals surface area contributed by atoms with Crippen LogP contribution >= 0.6 is 0 Å². The minimum absolute atomic E-state index is 0.0378. The van der Waals surface area contributed by atoms with E-state index in [1.165, 1.54) is 103 Å². The van der Waals surface area contributed by atoms with E-state index in [1.54, 1.807) is 21.1 Å². The molecule has 342 valence electrons. The first kappa shape index (κ1) is 56.3. The number of nitrogens with zero attached hydrogens (tertiary/aromatic N) is 1. The summed E-state index contributed by atoms with van der Waals surface area (Å²) < 4.78 is 17.2. The van der Waals surface area contributed by atoms with Gasteiger partial charge in [-0.25, -0.2) is 0 Å². The van der Waals surface area contributed by atoms with Gasteiger partial charge in [0.15, 0.2) is 6.10 Å². The van der Waals surface area contributed by atoms with E-state index in [2.05, 4.69) is 62.5 Å². The van der Waals surface area contributed by atoms with E-state index in [0.29, 0.717) is 12.8 Å². The molecule has 8 nitrogen and oxygen atoms in total. The predicted molar refractivity (Wildman–Crippen MR) is 245 cm³/mol. The summed E-state index contributed by atoms with van der Waals surface area (Å²) in [5.41, 5.74) is 0. The van der Waals surface area contributed by atoms with Gasteiger partial charge in [-0.3, -0.25) is 9.59 Å². The molecule has 0 amide bonds. The van der Waals surface area contributed by atoms with E-state index in [4.69, 9.17) is 14.2 Å². The first-order valence-electron chi connectivity index (χ1n) is 24.2. The van der Waals surface area contributed by atoms with Crippen LogP contribution in [0.1, 0.15) is 206 Å². The monoisotopic (exact) mass is 830 g/mol. The summed E-state index contributed by atoms with van der Waals surface area (Å²) in [6.07, 6.45) is 50.0.